The van der Waals surface area contributed by atoms with Gasteiger partial charge in [-0.05, 0) is 56.3 Å². The smallest absolute Gasteiger partial charge is 0.0731 e. The number of fused-ring (bicyclic) bond motifs is 4. The van der Waals surface area contributed by atoms with Crippen LogP contribution in [0.5, 0.6) is 0 Å². The van der Waals surface area contributed by atoms with E-state index in [2.05, 4.69) is 13.5 Å². The molecule has 0 radical (unpaired) electrons. The molecule has 3 saturated carbocycles. The average Bonchev–Trinajstić information content (AvgIpc) is 2.67. The lowest BCUT2D eigenvalue weighted by Crippen LogP contribution is -2.63. The number of hydrogen-bond donors (Lipinski definition) is 2. The van der Waals surface area contributed by atoms with Gasteiger partial charge in [0.15, 0.2) is 0 Å². The molecule has 0 spiro atoms. The first-order valence-corrected chi connectivity index (χ1v) is 7.08. The van der Waals surface area contributed by atoms with Crippen LogP contribution in [0.15, 0.2) is 12.7 Å². The molecule has 2 heteroatoms. The summed E-state index contributed by atoms with van der Waals surface area (Å²) in [6.07, 6.45) is 7.88. The standard InChI is InChI=1S/C15H24O2/c1-3-11-5-6-13-12(11)9-14(16)7-4-8-15(13,17)10(14)2/h3,10-13,16-17H,1,4-9H2,2H3/t10-,11+,12-,13+,14-,15-/m0/s1. The van der Waals surface area contributed by atoms with Crippen molar-refractivity contribution in [2.45, 2.75) is 56.7 Å². The molecule has 2 nitrogen and oxygen atoms in total. The van der Waals surface area contributed by atoms with Gasteiger partial charge in [0, 0.05) is 5.92 Å². The highest BCUT2D eigenvalue weighted by atomic mass is 16.3. The van der Waals surface area contributed by atoms with Gasteiger partial charge < -0.3 is 10.2 Å². The number of hydrogen-bond acceptors (Lipinski definition) is 2. The summed E-state index contributed by atoms with van der Waals surface area (Å²) >= 11 is 0. The van der Waals surface area contributed by atoms with Crippen molar-refractivity contribution in [2.75, 3.05) is 0 Å². The van der Waals surface area contributed by atoms with E-state index in [-0.39, 0.29) is 5.92 Å². The molecule has 0 aromatic carbocycles. The van der Waals surface area contributed by atoms with E-state index in [4.69, 9.17) is 0 Å². The van der Waals surface area contributed by atoms with Crippen LogP contribution in [0.2, 0.25) is 0 Å². The van der Waals surface area contributed by atoms with Crippen molar-refractivity contribution in [3.05, 3.63) is 12.7 Å². The molecule has 2 bridgehead atoms. The molecule has 3 fully saturated rings. The van der Waals surface area contributed by atoms with Crippen LogP contribution in [0.1, 0.15) is 45.4 Å². The minimum atomic E-state index is -0.625. The molecule has 3 aliphatic carbocycles. The van der Waals surface area contributed by atoms with Crippen LogP contribution in [-0.2, 0) is 0 Å². The SMILES string of the molecule is C=C[C@@H]1CC[C@@H]2[C@H]1C[C@@]1(O)CCC[C@]2(O)[C@H]1C. The van der Waals surface area contributed by atoms with E-state index in [1.807, 2.05) is 6.08 Å². The Morgan fingerprint density at radius 1 is 1.24 bits per heavy atom. The summed E-state index contributed by atoms with van der Waals surface area (Å²) in [7, 11) is 0. The number of allylic oxidation sites excluding steroid dienone is 1. The monoisotopic (exact) mass is 236 g/mol. The van der Waals surface area contributed by atoms with E-state index < -0.39 is 11.2 Å². The summed E-state index contributed by atoms with van der Waals surface area (Å²) in [4.78, 5) is 0. The average molecular weight is 236 g/mol. The fraction of sp³-hybridized carbons (Fsp3) is 0.867. The van der Waals surface area contributed by atoms with E-state index in [0.29, 0.717) is 17.8 Å². The summed E-state index contributed by atoms with van der Waals surface area (Å²) in [6, 6.07) is 0. The van der Waals surface area contributed by atoms with Gasteiger partial charge >= 0.3 is 0 Å². The third-order valence-corrected chi connectivity index (χ3v) is 6.15. The van der Waals surface area contributed by atoms with E-state index >= 15 is 0 Å². The van der Waals surface area contributed by atoms with Crippen LogP contribution in [0, 0.1) is 23.7 Å². The minimum absolute atomic E-state index is 0.0357. The molecule has 0 saturated heterocycles. The van der Waals surface area contributed by atoms with Crippen molar-refractivity contribution in [3.8, 4) is 0 Å². The van der Waals surface area contributed by atoms with Crippen molar-refractivity contribution in [1.29, 1.82) is 0 Å². The van der Waals surface area contributed by atoms with Crippen molar-refractivity contribution < 1.29 is 10.2 Å². The molecule has 3 aliphatic rings. The van der Waals surface area contributed by atoms with Gasteiger partial charge in [-0.25, -0.2) is 0 Å². The quantitative estimate of drug-likeness (QED) is 0.687. The third-order valence-electron chi connectivity index (χ3n) is 6.15. The lowest BCUT2D eigenvalue weighted by atomic mass is 9.52. The van der Waals surface area contributed by atoms with E-state index in [0.717, 1.165) is 38.5 Å². The molecule has 96 valence electrons. The molecule has 0 heterocycles. The number of aliphatic hydroxyl groups is 2. The first-order valence-electron chi connectivity index (χ1n) is 7.08. The zero-order valence-corrected chi connectivity index (χ0v) is 10.7. The Labute approximate surface area is 104 Å². The Morgan fingerprint density at radius 2 is 2.00 bits per heavy atom. The van der Waals surface area contributed by atoms with Gasteiger partial charge in [-0.15, -0.1) is 6.58 Å². The maximum absolute atomic E-state index is 11.0. The van der Waals surface area contributed by atoms with E-state index in [1.165, 1.54) is 0 Å². The molecule has 3 rings (SSSR count). The van der Waals surface area contributed by atoms with Gasteiger partial charge in [0.25, 0.3) is 0 Å². The Morgan fingerprint density at radius 3 is 2.71 bits per heavy atom. The summed E-state index contributed by atoms with van der Waals surface area (Å²) < 4.78 is 0. The topological polar surface area (TPSA) is 40.5 Å². The van der Waals surface area contributed by atoms with Crippen molar-refractivity contribution in [3.63, 3.8) is 0 Å². The van der Waals surface area contributed by atoms with Crippen LogP contribution < -0.4 is 0 Å². The van der Waals surface area contributed by atoms with E-state index in [9.17, 15) is 10.2 Å². The van der Waals surface area contributed by atoms with Gasteiger partial charge in [-0.3, -0.25) is 0 Å². The molecule has 0 aromatic heterocycles. The largest absolute Gasteiger partial charge is 0.389 e. The summed E-state index contributed by atoms with van der Waals surface area (Å²) in [5, 5.41) is 21.8. The van der Waals surface area contributed by atoms with Gasteiger partial charge in [0.2, 0.25) is 0 Å². The fourth-order valence-electron chi connectivity index (χ4n) is 5.07. The molecule has 0 unspecified atom stereocenters. The normalized spacial score (nSPS) is 57.6. The van der Waals surface area contributed by atoms with Crippen LogP contribution in [0.3, 0.4) is 0 Å². The predicted octanol–water partition coefficient (Wildman–Crippen LogP) is 2.50. The fourth-order valence-corrected chi connectivity index (χ4v) is 5.07. The molecule has 0 amide bonds. The Kier molecular flexibility index (Phi) is 2.47. The summed E-state index contributed by atoms with van der Waals surface area (Å²) in [6.45, 7) is 5.98. The zero-order valence-electron chi connectivity index (χ0n) is 10.7. The van der Waals surface area contributed by atoms with Crippen LogP contribution >= 0.6 is 0 Å². The lowest BCUT2D eigenvalue weighted by Gasteiger charge is -2.58. The molecular weight excluding hydrogens is 212 g/mol. The van der Waals surface area contributed by atoms with Crippen LogP contribution in [-0.4, -0.2) is 21.4 Å². The molecule has 2 N–H and O–H groups in total. The van der Waals surface area contributed by atoms with Crippen LogP contribution in [0.4, 0.5) is 0 Å². The predicted molar refractivity (Wildman–Crippen MR) is 67.4 cm³/mol. The summed E-state index contributed by atoms with van der Waals surface area (Å²) in [5.41, 5.74) is -1.24. The highest BCUT2D eigenvalue weighted by Gasteiger charge is 2.62. The molecule has 17 heavy (non-hydrogen) atoms. The Balaban J connectivity index is 1.99. The van der Waals surface area contributed by atoms with Gasteiger partial charge in [0.05, 0.1) is 11.2 Å². The Bertz CT molecular complexity index is 340. The maximum atomic E-state index is 11.0. The highest BCUT2D eigenvalue weighted by Crippen LogP contribution is 2.60. The molecule has 0 aromatic rings. The number of rotatable bonds is 1. The zero-order chi connectivity index (χ0) is 12.3. The minimum Gasteiger partial charge on any atom is -0.389 e. The third kappa shape index (κ3) is 1.40. The summed E-state index contributed by atoms with van der Waals surface area (Å²) in [5.74, 6) is 1.39. The molecule has 0 aliphatic heterocycles. The maximum Gasteiger partial charge on any atom is 0.0731 e. The first-order chi connectivity index (χ1) is 8.01. The van der Waals surface area contributed by atoms with Crippen LogP contribution in [0.25, 0.3) is 0 Å². The molecule has 6 atom stereocenters. The highest BCUT2D eigenvalue weighted by molar-refractivity contribution is 5.14. The van der Waals surface area contributed by atoms with Crippen molar-refractivity contribution in [1.82, 2.24) is 0 Å². The van der Waals surface area contributed by atoms with Crippen molar-refractivity contribution >= 4 is 0 Å². The van der Waals surface area contributed by atoms with Gasteiger partial charge in [0.1, 0.15) is 0 Å². The Hall–Kier alpha value is -0.340. The second-order valence-electron chi connectivity index (χ2n) is 6.62. The van der Waals surface area contributed by atoms with E-state index in [1.54, 1.807) is 0 Å². The van der Waals surface area contributed by atoms with Gasteiger partial charge in [-0.2, -0.15) is 0 Å². The second-order valence-corrected chi connectivity index (χ2v) is 6.62. The van der Waals surface area contributed by atoms with Gasteiger partial charge in [-0.1, -0.05) is 13.0 Å². The first kappa shape index (κ1) is 11.7. The second kappa shape index (κ2) is 3.58. The molecular formula is C15H24O2. The lowest BCUT2D eigenvalue weighted by molar-refractivity contribution is -0.223. The van der Waals surface area contributed by atoms with Crippen molar-refractivity contribution in [2.24, 2.45) is 23.7 Å².